The summed E-state index contributed by atoms with van der Waals surface area (Å²) >= 11 is 0. The number of hydrogen-bond donors (Lipinski definition) is 0. The minimum atomic E-state index is 0.116. The van der Waals surface area contributed by atoms with Crippen LogP contribution in [0.4, 0.5) is 0 Å². The molecule has 1 aromatic carbocycles. The summed E-state index contributed by atoms with van der Waals surface area (Å²) in [7, 11) is 1.65. The highest BCUT2D eigenvalue weighted by atomic mass is 16.5. The Morgan fingerprint density at radius 1 is 1.00 bits per heavy atom. The topological polar surface area (TPSA) is 49.9 Å². The predicted molar refractivity (Wildman–Crippen MR) is 106 cm³/mol. The number of carbonyl (C=O) groups excluding carboxylic acids is 2. The van der Waals surface area contributed by atoms with Gasteiger partial charge in [0, 0.05) is 37.7 Å². The molecule has 2 fully saturated rings. The second-order valence-electron chi connectivity index (χ2n) is 7.98. The normalized spacial score (nSPS) is 18.5. The van der Waals surface area contributed by atoms with Crippen LogP contribution in [0.1, 0.15) is 48.8 Å². The summed E-state index contributed by atoms with van der Waals surface area (Å²) in [6.45, 7) is 6.63. The van der Waals surface area contributed by atoms with E-state index in [2.05, 4.69) is 6.07 Å². The van der Waals surface area contributed by atoms with Crippen LogP contribution in [-0.2, 0) is 16.0 Å². The van der Waals surface area contributed by atoms with Crippen LogP contribution < -0.4 is 4.74 Å². The first kappa shape index (κ1) is 19.7. The van der Waals surface area contributed by atoms with Gasteiger partial charge < -0.3 is 14.5 Å². The molecule has 0 N–H and O–H groups in total. The monoisotopic (exact) mass is 372 g/mol. The molecule has 1 aromatic rings. The molecule has 1 aliphatic carbocycles. The SMILES string of the molecule is COc1cc(C)cc(C)c1CC(=O)N1CCN(C(=O)C2CCCCC2)CC1. The maximum Gasteiger partial charge on any atom is 0.227 e. The Balaban J connectivity index is 1.57. The van der Waals surface area contributed by atoms with Crippen molar-refractivity contribution in [1.82, 2.24) is 9.80 Å². The van der Waals surface area contributed by atoms with Gasteiger partial charge >= 0.3 is 0 Å². The number of hydrogen-bond acceptors (Lipinski definition) is 3. The molecule has 0 bridgehead atoms. The first-order chi connectivity index (χ1) is 13.0. The van der Waals surface area contributed by atoms with E-state index in [-0.39, 0.29) is 11.8 Å². The third-order valence-electron chi connectivity index (χ3n) is 6.02. The predicted octanol–water partition coefficient (Wildman–Crippen LogP) is 3.11. The summed E-state index contributed by atoms with van der Waals surface area (Å²) in [4.78, 5) is 29.4. The van der Waals surface area contributed by atoms with Crippen molar-refractivity contribution in [1.29, 1.82) is 0 Å². The number of benzene rings is 1. The highest BCUT2D eigenvalue weighted by molar-refractivity contribution is 5.81. The number of aryl methyl sites for hydroxylation is 2. The van der Waals surface area contributed by atoms with Crippen molar-refractivity contribution in [2.75, 3.05) is 33.3 Å². The lowest BCUT2D eigenvalue weighted by atomic mass is 9.88. The van der Waals surface area contributed by atoms with Gasteiger partial charge in [-0.15, -0.1) is 0 Å². The quantitative estimate of drug-likeness (QED) is 0.816. The second kappa shape index (κ2) is 8.77. The molecule has 0 unspecified atom stereocenters. The number of ether oxygens (including phenoxy) is 1. The van der Waals surface area contributed by atoms with Crippen molar-refractivity contribution in [3.63, 3.8) is 0 Å². The third-order valence-corrected chi connectivity index (χ3v) is 6.02. The minimum absolute atomic E-state index is 0.116. The molecular weight excluding hydrogens is 340 g/mol. The fourth-order valence-corrected chi connectivity index (χ4v) is 4.41. The molecule has 0 aromatic heterocycles. The van der Waals surface area contributed by atoms with E-state index < -0.39 is 0 Å². The molecule has 2 aliphatic rings. The lowest BCUT2D eigenvalue weighted by Gasteiger charge is -2.37. The average Bonchev–Trinajstić information content (AvgIpc) is 2.69. The maximum atomic E-state index is 12.8. The molecule has 1 heterocycles. The highest BCUT2D eigenvalue weighted by Gasteiger charge is 2.30. The van der Waals surface area contributed by atoms with Gasteiger partial charge in [-0.1, -0.05) is 25.3 Å². The lowest BCUT2D eigenvalue weighted by molar-refractivity contribution is -0.142. The van der Waals surface area contributed by atoms with Crippen molar-refractivity contribution < 1.29 is 14.3 Å². The van der Waals surface area contributed by atoms with E-state index in [1.165, 1.54) is 19.3 Å². The molecule has 0 spiro atoms. The zero-order valence-electron chi connectivity index (χ0n) is 16.9. The van der Waals surface area contributed by atoms with Gasteiger partial charge in [0.1, 0.15) is 5.75 Å². The molecule has 3 rings (SSSR count). The molecule has 1 saturated heterocycles. The lowest BCUT2D eigenvalue weighted by Crippen LogP contribution is -2.52. The van der Waals surface area contributed by atoms with Crippen LogP contribution in [0.2, 0.25) is 0 Å². The molecule has 0 radical (unpaired) electrons. The van der Waals surface area contributed by atoms with Crippen molar-refractivity contribution >= 4 is 11.8 Å². The van der Waals surface area contributed by atoms with E-state index in [9.17, 15) is 9.59 Å². The summed E-state index contributed by atoms with van der Waals surface area (Å²) in [6.07, 6.45) is 6.02. The van der Waals surface area contributed by atoms with Crippen LogP contribution in [0.15, 0.2) is 12.1 Å². The van der Waals surface area contributed by atoms with Crippen molar-refractivity contribution in [3.05, 3.63) is 28.8 Å². The van der Waals surface area contributed by atoms with Gasteiger partial charge in [0.15, 0.2) is 0 Å². The Labute approximate surface area is 162 Å². The molecule has 2 amide bonds. The van der Waals surface area contributed by atoms with Crippen molar-refractivity contribution in [2.45, 2.75) is 52.4 Å². The van der Waals surface area contributed by atoms with Crippen LogP contribution in [0.5, 0.6) is 5.75 Å². The molecule has 0 atom stereocenters. The smallest absolute Gasteiger partial charge is 0.227 e. The summed E-state index contributed by atoms with van der Waals surface area (Å²) < 4.78 is 5.49. The molecular formula is C22H32N2O3. The van der Waals surface area contributed by atoms with E-state index in [1.807, 2.05) is 29.7 Å². The van der Waals surface area contributed by atoms with Crippen LogP contribution in [0.3, 0.4) is 0 Å². The van der Waals surface area contributed by atoms with Crippen molar-refractivity contribution in [2.24, 2.45) is 5.92 Å². The first-order valence-corrected chi connectivity index (χ1v) is 10.2. The van der Waals surface area contributed by atoms with Crippen molar-refractivity contribution in [3.8, 4) is 5.75 Å². The minimum Gasteiger partial charge on any atom is -0.496 e. The fraction of sp³-hybridized carbons (Fsp3) is 0.636. The van der Waals surface area contributed by atoms with E-state index in [1.54, 1.807) is 7.11 Å². The number of nitrogens with zero attached hydrogens (tertiary/aromatic N) is 2. The number of rotatable bonds is 4. The second-order valence-corrected chi connectivity index (χ2v) is 7.98. The van der Waals surface area contributed by atoms with Gasteiger partial charge in [0.25, 0.3) is 0 Å². The molecule has 27 heavy (non-hydrogen) atoms. The number of methoxy groups -OCH3 is 1. The molecule has 5 nitrogen and oxygen atoms in total. The number of carbonyl (C=O) groups is 2. The van der Waals surface area contributed by atoms with Crippen LogP contribution >= 0.6 is 0 Å². The summed E-state index contributed by atoms with van der Waals surface area (Å²) in [5, 5.41) is 0. The van der Waals surface area contributed by atoms with Crippen LogP contribution in [-0.4, -0.2) is 54.9 Å². The van der Waals surface area contributed by atoms with Crippen LogP contribution in [0.25, 0.3) is 0 Å². The van der Waals surface area contributed by atoms with E-state index in [0.29, 0.717) is 38.5 Å². The maximum absolute atomic E-state index is 12.8. The van der Waals surface area contributed by atoms with Gasteiger partial charge in [-0.2, -0.15) is 0 Å². The molecule has 1 aliphatic heterocycles. The number of amides is 2. The third kappa shape index (κ3) is 4.63. The van der Waals surface area contributed by atoms with Gasteiger partial charge in [-0.3, -0.25) is 9.59 Å². The zero-order valence-corrected chi connectivity index (χ0v) is 16.9. The highest BCUT2D eigenvalue weighted by Crippen LogP contribution is 2.27. The molecule has 148 valence electrons. The van der Waals surface area contributed by atoms with Gasteiger partial charge in [-0.05, 0) is 43.9 Å². The van der Waals surface area contributed by atoms with Crippen LogP contribution in [0, 0.1) is 19.8 Å². The molecule has 5 heteroatoms. The van der Waals surface area contributed by atoms with Gasteiger partial charge in [-0.25, -0.2) is 0 Å². The number of piperazine rings is 1. The van der Waals surface area contributed by atoms with Gasteiger partial charge in [0.05, 0.1) is 13.5 Å². The van der Waals surface area contributed by atoms with E-state index >= 15 is 0 Å². The molecule has 1 saturated carbocycles. The summed E-state index contributed by atoms with van der Waals surface area (Å²) in [5.41, 5.74) is 3.19. The summed E-state index contributed by atoms with van der Waals surface area (Å²) in [5.74, 6) is 1.41. The van der Waals surface area contributed by atoms with Gasteiger partial charge in [0.2, 0.25) is 11.8 Å². The Hall–Kier alpha value is -2.04. The Kier molecular flexibility index (Phi) is 6.40. The zero-order chi connectivity index (χ0) is 19.4. The largest absolute Gasteiger partial charge is 0.496 e. The fourth-order valence-electron chi connectivity index (χ4n) is 4.41. The first-order valence-electron chi connectivity index (χ1n) is 10.2. The Morgan fingerprint density at radius 3 is 2.26 bits per heavy atom. The average molecular weight is 373 g/mol. The Morgan fingerprint density at radius 2 is 1.63 bits per heavy atom. The van der Waals surface area contributed by atoms with E-state index in [4.69, 9.17) is 4.74 Å². The standard InChI is InChI=1S/C22H32N2O3/c1-16-13-17(2)19(20(14-16)27-3)15-21(25)23-9-11-24(12-10-23)22(26)18-7-5-4-6-8-18/h13-14,18H,4-12,15H2,1-3H3. The Bertz CT molecular complexity index is 687. The summed E-state index contributed by atoms with van der Waals surface area (Å²) in [6, 6.07) is 4.07. The van der Waals surface area contributed by atoms with E-state index in [0.717, 1.165) is 35.3 Å².